The molecule has 0 nitrogen and oxygen atoms in total. The first-order valence-electron chi connectivity index (χ1n) is 4.96. The minimum absolute atomic E-state index is 0.674. The molecule has 0 amide bonds. The van der Waals surface area contributed by atoms with Crippen molar-refractivity contribution >= 4 is 0 Å². The predicted molar refractivity (Wildman–Crippen MR) is 50.5 cm³/mol. The van der Waals surface area contributed by atoms with Gasteiger partial charge in [-0.3, -0.25) is 0 Å². The molecule has 0 heterocycles. The van der Waals surface area contributed by atoms with E-state index in [1.807, 2.05) is 0 Å². The van der Waals surface area contributed by atoms with Gasteiger partial charge in [-0.25, -0.2) is 0 Å². The molecule has 1 saturated carbocycles. The van der Waals surface area contributed by atoms with E-state index in [1.165, 1.54) is 12.8 Å². The average Bonchev–Trinajstić information content (AvgIpc) is 1.85. The highest BCUT2D eigenvalue weighted by atomic mass is 14.5. The lowest BCUT2D eigenvalue weighted by atomic mass is 9.53. The summed E-state index contributed by atoms with van der Waals surface area (Å²) in [4.78, 5) is 0. The molecule has 1 fully saturated rings. The molecule has 1 aliphatic rings. The van der Waals surface area contributed by atoms with Gasteiger partial charge in [-0.1, -0.05) is 34.6 Å². The summed E-state index contributed by atoms with van der Waals surface area (Å²) in [6.45, 7) is 11.9. The fourth-order valence-electron chi connectivity index (χ4n) is 2.83. The van der Waals surface area contributed by atoms with Crippen molar-refractivity contribution in [2.45, 2.75) is 47.5 Å². The first kappa shape index (κ1) is 9.09. The van der Waals surface area contributed by atoms with Crippen LogP contribution >= 0.6 is 0 Å². The average molecular weight is 154 g/mol. The van der Waals surface area contributed by atoms with Crippen molar-refractivity contribution in [1.82, 2.24) is 0 Å². The fourth-order valence-corrected chi connectivity index (χ4v) is 2.83. The Balaban J connectivity index is 2.44. The van der Waals surface area contributed by atoms with E-state index < -0.39 is 0 Å². The van der Waals surface area contributed by atoms with Crippen LogP contribution in [0.1, 0.15) is 47.5 Å². The van der Waals surface area contributed by atoms with Gasteiger partial charge in [0.25, 0.3) is 0 Å². The first-order valence-corrected chi connectivity index (χ1v) is 4.96. The Morgan fingerprint density at radius 3 is 2.18 bits per heavy atom. The SMILES string of the molecule is CC(C)CC1(C)CC(C)C1C. The second-order valence-electron chi connectivity index (χ2n) is 5.22. The Morgan fingerprint density at radius 2 is 1.91 bits per heavy atom. The minimum atomic E-state index is 0.674. The van der Waals surface area contributed by atoms with E-state index in [-0.39, 0.29) is 0 Å². The number of rotatable bonds is 2. The fraction of sp³-hybridized carbons (Fsp3) is 1.00. The van der Waals surface area contributed by atoms with Crippen LogP contribution in [0.5, 0.6) is 0 Å². The van der Waals surface area contributed by atoms with Crippen molar-refractivity contribution in [2.24, 2.45) is 23.2 Å². The Kier molecular flexibility index (Phi) is 2.32. The topological polar surface area (TPSA) is 0 Å². The van der Waals surface area contributed by atoms with E-state index >= 15 is 0 Å². The lowest BCUT2D eigenvalue weighted by molar-refractivity contribution is -0.0213. The summed E-state index contributed by atoms with van der Waals surface area (Å²) >= 11 is 0. The summed E-state index contributed by atoms with van der Waals surface area (Å²) in [6.07, 6.45) is 2.87. The van der Waals surface area contributed by atoms with E-state index in [0.29, 0.717) is 5.41 Å². The molecular formula is C11H22. The van der Waals surface area contributed by atoms with Gasteiger partial charge < -0.3 is 0 Å². The zero-order valence-electron chi connectivity index (χ0n) is 8.65. The highest BCUT2D eigenvalue weighted by Crippen LogP contribution is 2.53. The quantitative estimate of drug-likeness (QED) is 0.568. The third-order valence-corrected chi connectivity index (χ3v) is 3.62. The van der Waals surface area contributed by atoms with Crippen LogP contribution < -0.4 is 0 Å². The summed E-state index contributed by atoms with van der Waals surface area (Å²) in [6, 6.07) is 0. The molecule has 0 spiro atoms. The van der Waals surface area contributed by atoms with Gasteiger partial charge >= 0.3 is 0 Å². The maximum Gasteiger partial charge on any atom is -0.0293 e. The minimum Gasteiger partial charge on any atom is -0.0628 e. The molecule has 0 radical (unpaired) electrons. The Hall–Kier alpha value is 0. The van der Waals surface area contributed by atoms with Crippen molar-refractivity contribution in [3.63, 3.8) is 0 Å². The van der Waals surface area contributed by atoms with Crippen molar-refractivity contribution in [2.75, 3.05) is 0 Å². The van der Waals surface area contributed by atoms with Gasteiger partial charge in [0.05, 0.1) is 0 Å². The van der Waals surface area contributed by atoms with Crippen LogP contribution in [0, 0.1) is 23.2 Å². The Labute approximate surface area is 71.4 Å². The number of hydrogen-bond acceptors (Lipinski definition) is 0. The van der Waals surface area contributed by atoms with Gasteiger partial charge in [0.1, 0.15) is 0 Å². The highest BCUT2D eigenvalue weighted by molar-refractivity contribution is 4.94. The molecule has 0 saturated heterocycles. The molecule has 0 aliphatic heterocycles. The van der Waals surface area contributed by atoms with Crippen molar-refractivity contribution < 1.29 is 0 Å². The van der Waals surface area contributed by atoms with Crippen LogP contribution in [0.15, 0.2) is 0 Å². The molecule has 3 unspecified atom stereocenters. The molecular weight excluding hydrogens is 132 g/mol. The largest absolute Gasteiger partial charge is 0.0628 e. The lowest BCUT2D eigenvalue weighted by Gasteiger charge is -2.52. The van der Waals surface area contributed by atoms with Gasteiger partial charge in [-0.15, -0.1) is 0 Å². The van der Waals surface area contributed by atoms with Gasteiger partial charge in [0.2, 0.25) is 0 Å². The summed E-state index contributed by atoms with van der Waals surface area (Å²) in [5, 5.41) is 0. The smallest absolute Gasteiger partial charge is 0.0293 e. The van der Waals surface area contributed by atoms with Gasteiger partial charge in [0.15, 0.2) is 0 Å². The molecule has 66 valence electrons. The Morgan fingerprint density at radius 1 is 1.36 bits per heavy atom. The van der Waals surface area contributed by atoms with Crippen LogP contribution in [0.25, 0.3) is 0 Å². The van der Waals surface area contributed by atoms with Crippen LogP contribution in [0.4, 0.5) is 0 Å². The molecule has 0 bridgehead atoms. The maximum atomic E-state index is 2.46. The molecule has 1 aliphatic carbocycles. The molecule has 11 heavy (non-hydrogen) atoms. The lowest BCUT2D eigenvalue weighted by Crippen LogP contribution is -2.43. The molecule has 0 aromatic rings. The first-order chi connectivity index (χ1) is 4.96. The Bertz CT molecular complexity index is 137. The summed E-state index contributed by atoms with van der Waals surface area (Å²) in [7, 11) is 0. The normalized spacial score (nSPS) is 44.2. The highest BCUT2D eigenvalue weighted by Gasteiger charge is 2.44. The second-order valence-corrected chi connectivity index (χ2v) is 5.22. The molecule has 1 rings (SSSR count). The van der Waals surface area contributed by atoms with Gasteiger partial charge in [-0.05, 0) is 36.0 Å². The van der Waals surface area contributed by atoms with E-state index in [2.05, 4.69) is 34.6 Å². The second kappa shape index (κ2) is 2.80. The van der Waals surface area contributed by atoms with Crippen LogP contribution in [-0.2, 0) is 0 Å². The zero-order chi connectivity index (χ0) is 8.65. The molecule has 0 N–H and O–H groups in total. The van der Waals surface area contributed by atoms with Crippen molar-refractivity contribution in [3.8, 4) is 0 Å². The van der Waals surface area contributed by atoms with E-state index in [4.69, 9.17) is 0 Å². The zero-order valence-corrected chi connectivity index (χ0v) is 8.65. The van der Waals surface area contributed by atoms with Crippen molar-refractivity contribution in [1.29, 1.82) is 0 Å². The molecule has 0 aromatic carbocycles. The van der Waals surface area contributed by atoms with Crippen LogP contribution in [0.2, 0.25) is 0 Å². The molecule has 3 atom stereocenters. The molecule has 0 heteroatoms. The third kappa shape index (κ3) is 1.60. The monoisotopic (exact) mass is 154 g/mol. The number of hydrogen-bond donors (Lipinski definition) is 0. The maximum absolute atomic E-state index is 2.46. The summed E-state index contributed by atoms with van der Waals surface area (Å²) in [5.41, 5.74) is 0.674. The van der Waals surface area contributed by atoms with E-state index in [1.54, 1.807) is 0 Å². The predicted octanol–water partition coefficient (Wildman–Crippen LogP) is 3.71. The van der Waals surface area contributed by atoms with Crippen LogP contribution in [-0.4, -0.2) is 0 Å². The summed E-state index contributed by atoms with van der Waals surface area (Å²) < 4.78 is 0. The standard InChI is InChI=1S/C11H22/c1-8(2)6-11(5)7-9(3)10(11)4/h8-10H,6-7H2,1-5H3. The third-order valence-electron chi connectivity index (χ3n) is 3.62. The van der Waals surface area contributed by atoms with Crippen molar-refractivity contribution in [3.05, 3.63) is 0 Å². The summed E-state index contributed by atoms with van der Waals surface area (Å²) in [5.74, 6) is 2.79. The van der Waals surface area contributed by atoms with E-state index in [9.17, 15) is 0 Å². The van der Waals surface area contributed by atoms with Gasteiger partial charge in [0, 0.05) is 0 Å². The van der Waals surface area contributed by atoms with E-state index in [0.717, 1.165) is 17.8 Å². The molecule has 0 aromatic heterocycles. The van der Waals surface area contributed by atoms with Crippen LogP contribution in [0.3, 0.4) is 0 Å². The van der Waals surface area contributed by atoms with Gasteiger partial charge in [-0.2, -0.15) is 0 Å².